The molecule has 0 spiro atoms. The second-order valence-electron chi connectivity index (χ2n) is 7.38. The van der Waals surface area contributed by atoms with Crippen molar-refractivity contribution in [3.63, 3.8) is 0 Å². The first kappa shape index (κ1) is 24.5. The zero-order valence-electron chi connectivity index (χ0n) is 18.1. The van der Waals surface area contributed by atoms with Crippen LogP contribution in [0.1, 0.15) is 19.4 Å². The Bertz CT molecular complexity index is 980. The lowest BCUT2D eigenvalue weighted by Crippen LogP contribution is -2.23. The van der Waals surface area contributed by atoms with Crippen LogP contribution in [0.3, 0.4) is 0 Å². The Morgan fingerprint density at radius 3 is 2.00 bits per heavy atom. The predicted octanol–water partition coefficient (Wildman–Crippen LogP) is 4.43. The minimum atomic E-state index is -0.520. The van der Waals surface area contributed by atoms with E-state index in [1.54, 1.807) is 26.0 Å². The Kier molecular flexibility index (Phi) is 8.89. The Hall–Kier alpha value is -3.74. The van der Waals surface area contributed by atoms with E-state index in [2.05, 4.69) is 17.9 Å². The molecule has 0 aliphatic heterocycles. The van der Waals surface area contributed by atoms with Gasteiger partial charge in [-0.1, -0.05) is 37.4 Å². The number of rotatable bonds is 11. The van der Waals surface area contributed by atoms with Crippen LogP contribution < -0.4 is 4.74 Å². The minimum Gasteiger partial charge on any atom is -0.462 e. The van der Waals surface area contributed by atoms with Gasteiger partial charge in [0.15, 0.2) is 0 Å². The predicted molar refractivity (Wildman–Crippen MR) is 117 cm³/mol. The first-order valence-corrected chi connectivity index (χ1v) is 9.85. The van der Waals surface area contributed by atoms with Gasteiger partial charge >= 0.3 is 11.9 Å². The van der Waals surface area contributed by atoms with Crippen molar-refractivity contribution in [1.29, 1.82) is 0 Å². The summed E-state index contributed by atoms with van der Waals surface area (Å²) in [5.74, 6) is -1.73. The van der Waals surface area contributed by atoms with Gasteiger partial charge in [0, 0.05) is 28.7 Å². The molecule has 0 saturated carbocycles. The second kappa shape index (κ2) is 11.6. The summed E-state index contributed by atoms with van der Waals surface area (Å²) in [6.45, 7) is 10.5. The summed E-state index contributed by atoms with van der Waals surface area (Å²) in [6, 6.07) is 11.3. The molecule has 0 heterocycles. The van der Waals surface area contributed by atoms with E-state index in [0.717, 1.165) is 11.6 Å². The van der Waals surface area contributed by atoms with Gasteiger partial charge in [-0.2, -0.15) is 0 Å². The zero-order valence-corrected chi connectivity index (χ0v) is 18.1. The molecule has 2 aromatic carbocycles. The maximum absolute atomic E-state index is 14.3. The lowest BCUT2D eigenvalue weighted by atomic mass is 9.97. The number of carbonyl (C=O) groups excluding carboxylic acids is 3. The van der Waals surface area contributed by atoms with Crippen LogP contribution in [0, 0.1) is 11.7 Å². The molecule has 0 amide bonds. The number of ether oxygens (including phenoxy) is 3. The number of benzene rings is 2. The molecule has 0 fully saturated rings. The average Bonchev–Trinajstić information content (AvgIpc) is 2.76. The average molecular weight is 440 g/mol. The van der Waals surface area contributed by atoms with Crippen molar-refractivity contribution in [2.24, 2.45) is 5.92 Å². The fourth-order valence-electron chi connectivity index (χ4n) is 2.81. The summed E-state index contributed by atoms with van der Waals surface area (Å²) in [6.07, 6.45) is 0.460. The molecule has 0 aliphatic carbocycles. The smallest absolute Gasteiger partial charge is 0.333 e. The summed E-state index contributed by atoms with van der Waals surface area (Å²) in [5, 5.41) is 0. The SMILES string of the molecule is C=C(C)C(=O)OCC(COC(=O)C(=C)C)Cc1ccc(-c2ccc(OC=O)cc2F)cc1. The lowest BCUT2D eigenvalue weighted by molar-refractivity contribution is -0.144. The summed E-state index contributed by atoms with van der Waals surface area (Å²) in [7, 11) is 0. The van der Waals surface area contributed by atoms with Crippen LogP contribution in [0.5, 0.6) is 5.75 Å². The fourth-order valence-corrected chi connectivity index (χ4v) is 2.81. The lowest BCUT2D eigenvalue weighted by Gasteiger charge is -2.18. The molecule has 168 valence electrons. The van der Waals surface area contributed by atoms with Crippen LogP contribution in [0.2, 0.25) is 0 Å². The van der Waals surface area contributed by atoms with Crippen molar-refractivity contribution in [2.45, 2.75) is 20.3 Å². The molecule has 0 unspecified atom stereocenters. The van der Waals surface area contributed by atoms with E-state index in [1.165, 1.54) is 12.1 Å². The molecular weight excluding hydrogens is 415 g/mol. The van der Waals surface area contributed by atoms with Crippen LogP contribution in [0.25, 0.3) is 11.1 Å². The highest BCUT2D eigenvalue weighted by Crippen LogP contribution is 2.27. The van der Waals surface area contributed by atoms with Gasteiger partial charge in [-0.3, -0.25) is 4.79 Å². The Morgan fingerprint density at radius 1 is 0.969 bits per heavy atom. The van der Waals surface area contributed by atoms with Gasteiger partial charge in [0.05, 0.1) is 13.2 Å². The Morgan fingerprint density at radius 2 is 1.53 bits per heavy atom. The quantitative estimate of drug-likeness (QED) is 0.292. The zero-order chi connectivity index (χ0) is 23.7. The van der Waals surface area contributed by atoms with E-state index in [9.17, 15) is 18.8 Å². The molecule has 0 aromatic heterocycles. The van der Waals surface area contributed by atoms with Crippen LogP contribution >= 0.6 is 0 Å². The van der Waals surface area contributed by atoms with E-state index >= 15 is 0 Å². The molecule has 32 heavy (non-hydrogen) atoms. The Labute approximate surface area is 186 Å². The third-order valence-electron chi connectivity index (χ3n) is 4.51. The van der Waals surface area contributed by atoms with E-state index in [1.807, 2.05) is 12.1 Å². The minimum absolute atomic E-state index is 0.0454. The van der Waals surface area contributed by atoms with E-state index in [-0.39, 0.29) is 42.5 Å². The molecule has 7 heteroatoms. The van der Waals surface area contributed by atoms with Gasteiger partial charge in [-0.15, -0.1) is 0 Å². The monoisotopic (exact) mass is 440 g/mol. The molecule has 0 N–H and O–H groups in total. The van der Waals surface area contributed by atoms with Crippen LogP contribution in [-0.2, 0) is 30.3 Å². The molecule has 0 saturated heterocycles. The van der Waals surface area contributed by atoms with Gasteiger partial charge in [0.25, 0.3) is 6.47 Å². The fraction of sp³-hybridized carbons (Fsp3) is 0.240. The summed E-state index contributed by atoms with van der Waals surface area (Å²) in [4.78, 5) is 33.9. The molecule has 2 rings (SSSR count). The number of halogens is 1. The molecule has 0 atom stereocenters. The number of carbonyl (C=O) groups is 3. The Balaban J connectivity index is 2.11. The largest absolute Gasteiger partial charge is 0.462 e. The highest BCUT2D eigenvalue weighted by atomic mass is 19.1. The number of esters is 2. The van der Waals surface area contributed by atoms with Gasteiger partial charge < -0.3 is 14.2 Å². The third kappa shape index (κ3) is 7.19. The van der Waals surface area contributed by atoms with Crippen molar-refractivity contribution < 1.29 is 33.0 Å². The maximum atomic E-state index is 14.3. The van der Waals surface area contributed by atoms with E-state index in [0.29, 0.717) is 17.5 Å². The highest BCUT2D eigenvalue weighted by Gasteiger charge is 2.17. The standard InChI is InChI=1S/C25H25FO6/c1-16(2)24(28)30-13-19(14-31-25(29)17(3)4)11-18-5-7-20(8-6-18)22-10-9-21(32-15-27)12-23(22)26/h5-10,12,15,19H,1,3,11,13-14H2,2,4H3. The topological polar surface area (TPSA) is 78.9 Å². The number of hydrogen-bond acceptors (Lipinski definition) is 6. The highest BCUT2D eigenvalue weighted by molar-refractivity contribution is 5.87. The first-order chi connectivity index (χ1) is 15.2. The van der Waals surface area contributed by atoms with Crippen molar-refractivity contribution in [3.8, 4) is 16.9 Å². The molecule has 0 aliphatic rings. The molecule has 2 aromatic rings. The van der Waals surface area contributed by atoms with Crippen molar-refractivity contribution in [1.82, 2.24) is 0 Å². The van der Waals surface area contributed by atoms with Crippen LogP contribution in [-0.4, -0.2) is 31.6 Å². The van der Waals surface area contributed by atoms with Gasteiger partial charge in [0.1, 0.15) is 11.6 Å². The van der Waals surface area contributed by atoms with Crippen molar-refractivity contribution in [3.05, 3.63) is 78.1 Å². The summed E-state index contributed by atoms with van der Waals surface area (Å²) in [5.41, 5.74) is 2.44. The normalized spacial score (nSPS) is 10.4. The number of hydrogen-bond donors (Lipinski definition) is 0. The first-order valence-electron chi connectivity index (χ1n) is 9.85. The molecule has 0 radical (unpaired) electrons. The van der Waals surface area contributed by atoms with E-state index in [4.69, 9.17) is 9.47 Å². The third-order valence-corrected chi connectivity index (χ3v) is 4.51. The maximum Gasteiger partial charge on any atom is 0.333 e. The molecular formula is C25H25FO6. The molecule has 0 bridgehead atoms. The second-order valence-corrected chi connectivity index (χ2v) is 7.38. The van der Waals surface area contributed by atoms with E-state index < -0.39 is 17.8 Å². The molecule has 6 nitrogen and oxygen atoms in total. The van der Waals surface area contributed by atoms with Crippen LogP contribution in [0.4, 0.5) is 4.39 Å². The van der Waals surface area contributed by atoms with Gasteiger partial charge in [-0.05, 0) is 43.5 Å². The summed E-state index contributed by atoms with van der Waals surface area (Å²) >= 11 is 0. The van der Waals surface area contributed by atoms with Gasteiger partial charge in [-0.25, -0.2) is 14.0 Å². The summed E-state index contributed by atoms with van der Waals surface area (Å²) < 4.78 is 29.5. The van der Waals surface area contributed by atoms with Gasteiger partial charge in [0.2, 0.25) is 0 Å². The van der Waals surface area contributed by atoms with Crippen molar-refractivity contribution in [2.75, 3.05) is 13.2 Å². The van der Waals surface area contributed by atoms with Crippen molar-refractivity contribution >= 4 is 18.4 Å². The van der Waals surface area contributed by atoms with Crippen LogP contribution in [0.15, 0.2) is 66.8 Å².